The van der Waals surface area contributed by atoms with Crippen molar-refractivity contribution >= 4 is 28.1 Å². The molecule has 0 radical (unpaired) electrons. The Morgan fingerprint density at radius 2 is 2.05 bits per heavy atom. The molecule has 0 aliphatic carbocycles. The SMILES string of the molecule is CCCNc1cc([N+](=O)[O-])cc(NC2CCS(=O)CC2)n1. The van der Waals surface area contributed by atoms with Crippen LogP contribution in [0.4, 0.5) is 17.3 Å². The molecule has 8 heteroatoms. The highest BCUT2D eigenvalue weighted by atomic mass is 32.2. The molecule has 2 N–H and O–H groups in total. The Balaban J connectivity index is 2.11. The summed E-state index contributed by atoms with van der Waals surface area (Å²) in [5.74, 6) is 2.36. The Morgan fingerprint density at radius 1 is 1.38 bits per heavy atom. The number of hydrogen-bond acceptors (Lipinski definition) is 6. The first-order valence-electron chi connectivity index (χ1n) is 7.10. The number of nitrogens with zero attached hydrogens (tertiary/aromatic N) is 2. The van der Waals surface area contributed by atoms with Crippen molar-refractivity contribution in [3.8, 4) is 0 Å². The standard InChI is InChI=1S/C13H20N4O3S/c1-2-5-14-12-8-11(17(18)19)9-13(16-12)15-10-3-6-21(20)7-4-10/h8-10H,2-7H2,1H3,(H2,14,15,16). The van der Waals surface area contributed by atoms with Crippen molar-refractivity contribution in [3.05, 3.63) is 22.2 Å². The summed E-state index contributed by atoms with van der Waals surface area (Å²) in [5, 5.41) is 17.3. The predicted molar refractivity (Wildman–Crippen MR) is 84.2 cm³/mol. The topological polar surface area (TPSA) is 97.2 Å². The molecular formula is C13H20N4O3S. The van der Waals surface area contributed by atoms with Crippen molar-refractivity contribution in [2.75, 3.05) is 28.7 Å². The van der Waals surface area contributed by atoms with Crippen LogP contribution in [0, 0.1) is 10.1 Å². The van der Waals surface area contributed by atoms with Crippen LogP contribution in [-0.2, 0) is 10.8 Å². The number of anilines is 2. The van der Waals surface area contributed by atoms with E-state index in [1.54, 1.807) is 0 Å². The molecule has 1 aliphatic heterocycles. The molecule has 21 heavy (non-hydrogen) atoms. The van der Waals surface area contributed by atoms with E-state index >= 15 is 0 Å². The molecule has 2 heterocycles. The third-order valence-electron chi connectivity index (χ3n) is 3.32. The van der Waals surface area contributed by atoms with Gasteiger partial charge in [0.2, 0.25) is 0 Å². The summed E-state index contributed by atoms with van der Waals surface area (Å²) < 4.78 is 11.3. The van der Waals surface area contributed by atoms with Crippen molar-refractivity contribution in [1.82, 2.24) is 4.98 Å². The van der Waals surface area contributed by atoms with E-state index in [0.29, 0.717) is 23.1 Å². The molecule has 116 valence electrons. The summed E-state index contributed by atoms with van der Waals surface area (Å²) in [6.07, 6.45) is 2.52. The molecular weight excluding hydrogens is 292 g/mol. The molecule has 2 rings (SSSR count). The van der Waals surface area contributed by atoms with Crippen LogP contribution in [0.5, 0.6) is 0 Å². The minimum absolute atomic E-state index is 0.0190. The first-order valence-corrected chi connectivity index (χ1v) is 8.59. The maximum Gasteiger partial charge on any atom is 0.276 e. The van der Waals surface area contributed by atoms with Crippen molar-refractivity contribution in [1.29, 1.82) is 0 Å². The quantitative estimate of drug-likeness (QED) is 0.617. The summed E-state index contributed by atoms with van der Waals surface area (Å²) in [6.45, 7) is 2.74. The highest BCUT2D eigenvalue weighted by molar-refractivity contribution is 7.85. The molecule has 1 aliphatic rings. The van der Waals surface area contributed by atoms with Gasteiger partial charge in [-0.2, -0.15) is 0 Å². The Hall–Kier alpha value is -1.70. The van der Waals surface area contributed by atoms with E-state index in [1.807, 2.05) is 6.92 Å². The van der Waals surface area contributed by atoms with Gasteiger partial charge in [-0.25, -0.2) is 4.98 Å². The van der Waals surface area contributed by atoms with Crippen molar-refractivity contribution in [2.45, 2.75) is 32.2 Å². The number of nitrogens with one attached hydrogen (secondary N) is 2. The fraction of sp³-hybridized carbons (Fsp3) is 0.615. The summed E-state index contributed by atoms with van der Waals surface area (Å²) in [7, 11) is -0.720. The van der Waals surface area contributed by atoms with E-state index in [2.05, 4.69) is 15.6 Å². The molecule has 7 nitrogen and oxygen atoms in total. The lowest BCUT2D eigenvalue weighted by Crippen LogP contribution is -2.29. The molecule has 0 amide bonds. The second-order valence-corrected chi connectivity index (χ2v) is 6.74. The summed E-state index contributed by atoms with van der Waals surface area (Å²) in [5.41, 5.74) is 0.0190. The molecule has 1 aromatic rings. The molecule has 0 atom stereocenters. The van der Waals surface area contributed by atoms with Gasteiger partial charge in [0.1, 0.15) is 11.6 Å². The van der Waals surface area contributed by atoms with Gasteiger partial charge in [-0.05, 0) is 19.3 Å². The largest absolute Gasteiger partial charge is 0.370 e. The van der Waals surface area contributed by atoms with Crippen LogP contribution in [0.25, 0.3) is 0 Å². The first-order chi connectivity index (χ1) is 10.1. The molecule has 1 fully saturated rings. The lowest BCUT2D eigenvalue weighted by molar-refractivity contribution is -0.384. The van der Waals surface area contributed by atoms with Gasteiger partial charge in [0, 0.05) is 34.9 Å². The Kier molecular flexibility index (Phi) is 5.49. The van der Waals surface area contributed by atoms with E-state index in [1.165, 1.54) is 12.1 Å². The zero-order valence-corrected chi connectivity index (χ0v) is 12.8. The molecule has 0 unspecified atom stereocenters. The number of aromatic nitrogens is 1. The maximum atomic E-state index is 11.3. The lowest BCUT2D eigenvalue weighted by atomic mass is 10.1. The number of rotatable bonds is 6. The molecule has 0 bridgehead atoms. The van der Waals surface area contributed by atoms with Gasteiger partial charge in [0.25, 0.3) is 5.69 Å². The zero-order chi connectivity index (χ0) is 15.2. The van der Waals surface area contributed by atoms with Gasteiger partial charge in [-0.15, -0.1) is 0 Å². The van der Waals surface area contributed by atoms with Gasteiger partial charge in [0.15, 0.2) is 0 Å². The molecule has 0 saturated carbocycles. The van der Waals surface area contributed by atoms with Crippen LogP contribution in [0.3, 0.4) is 0 Å². The summed E-state index contributed by atoms with van der Waals surface area (Å²) >= 11 is 0. The fourth-order valence-electron chi connectivity index (χ4n) is 2.19. The Labute approximate surface area is 126 Å². The smallest absolute Gasteiger partial charge is 0.276 e. The minimum Gasteiger partial charge on any atom is -0.370 e. The van der Waals surface area contributed by atoms with E-state index in [0.717, 1.165) is 25.8 Å². The predicted octanol–water partition coefficient (Wildman–Crippen LogP) is 2.13. The van der Waals surface area contributed by atoms with Crippen LogP contribution in [-0.4, -0.2) is 38.2 Å². The van der Waals surface area contributed by atoms with Gasteiger partial charge in [0.05, 0.1) is 17.1 Å². The molecule has 1 saturated heterocycles. The van der Waals surface area contributed by atoms with Gasteiger partial charge >= 0.3 is 0 Å². The van der Waals surface area contributed by atoms with Crippen LogP contribution in [0.2, 0.25) is 0 Å². The third kappa shape index (κ3) is 4.66. The van der Waals surface area contributed by atoms with E-state index in [9.17, 15) is 14.3 Å². The van der Waals surface area contributed by atoms with Crippen LogP contribution < -0.4 is 10.6 Å². The molecule has 1 aromatic heterocycles. The van der Waals surface area contributed by atoms with E-state index in [4.69, 9.17) is 0 Å². The van der Waals surface area contributed by atoms with E-state index < -0.39 is 15.7 Å². The van der Waals surface area contributed by atoms with Gasteiger partial charge in [-0.1, -0.05) is 6.92 Å². The second-order valence-electron chi connectivity index (χ2n) is 5.05. The average Bonchev–Trinajstić information content (AvgIpc) is 2.47. The highest BCUT2D eigenvalue weighted by Crippen LogP contribution is 2.23. The molecule has 0 spiro atoms. The highest BCUT2D eigenvalue weighted by Gasteiger charge is 2.19. The average molecular weight is 312 g/mol. The van der Waals surface area contributed by atoms with Gasteiger partial charge < -0.3 is 10.6 Å². The Morgan fingerprint density at radius 3 is 2.67 bits per heavy atom. The number of nitro groups is 1. The zero-order valence-electron chi connectivity index (χ0n) is 12.0. The normalized spacial score (nSPS) is 21.8. The van der Waals surface area contributed by atoms with Crippen LogP contribution in [0.15, 0.2) is 12.1 Å². The summed E-state index contributed by atoms with van der Waals surface area (Å²) in [6, 6.07) is 3.07. The minimum atomic E-state index is -0.720. The Bertz CT molecular complexity index is 528. The number of hydrogen-bond donors (Lipinski definition) is 2. The fourth-order valence-corrected chi connectivity index (χ4v) is 3.49. The van der Waals surface area contributed by atoms with E-state index in [-0.39, 0.29) is 11.7 Å². The van der Waals surface area contributed by atoms with Crippen molar-refractivity contribution in [3.63, 3.8) is 0 Å². The van der Waals surface area contributed by atoms with Crippen LogP contribution in [0.1, 0.15) is 26.2 Å². The first kappa shape index (κ1) is 15.7. The number of pyridine rings is 1. The lowest BCUT2D eigenvalue weighted by Gasteiger charge is -2.23. The third-order valence-corrected chi connectivity index (χ3v) is 4.70. The van der Waals surface area contributed by atoms with Gasteiger partial charge in [-0.3, -0.25) is 14.3 Å². The van der Waals surface area contributed by atoms with Crippen molar-refractivity contribution < 1.29 is 9.13 Å². The van der Waals surface area contributed by atoms with Crippen LogP contribution >= 0.6 is 0 Å². The monoisotopic (exact) mass is 312 g/mol. The summed E-state index contributed by atoms with van der Waals surface area (Å²) in [4.78, 5) is 14.9. The second kappa shape index (κ2) is 7.35. The maximum absolute atomic E-state index is 11.3. The molecule has 0 aromatic carbocycles. The van der Waals surface area contributed by atoms with Crippen molar-refractivity contribution in [2.24, 2.45) is 0 Å².